The van der Waals surface area contributed by atoms with Crippen molar-refractivity contribution < 1.29 is 0 Å². The van der Waals surface area contributed by atoms with Crippen LogP contribution in [0.4, 0.5) is 0 Å². The zero-order chi connectivity index (χ0) is 8.39. The van der Waals surface area contributed by atoms with Crippen LogP contribution in [-0.2, 0) is 0 Å². The maximum atomic E-state index is 4.28. The van der Waals surface area contributed by atoms with E-state index in [0.29, 0.717) is 0 Å². The van der Waals surface area contributed by atoms with E-state index in [2.05, 4.69) is 25.9 Å². The normalized spacial score (nSPS) is 10.1. The molecule has 0 amide bonds. The molecule has 2 heterocycles. The SMILES string of the molecule is Brc1csc(-c2cccnc2)n1. The second-order valence-corrected chi connectivity index (χ2v) is 3.89. The average Bonchev–Trinajstić information content (AvgIpc) is 2.54. The fourth-order valence-corrected chi connectivity index (χ4v) is 2.12. The van der Waals surface area contributed by atoms with Crippen molar-refractivity contribution in [3.05, 3.63) is 34.5 Å². The van der Waals surface area contributed by atoms with E-state index in [1.165, 1.54) is 0 Å². The summed E-state index contributed by atoms with van der Waals surface area (Å²) < 4.78 is 0.881. The van der Waals surface area contributed by atoms with Gasteiger partial charge >= 0.3 is 0 Å². The average molecular weight is 241 g/mol. The van der Waals surface area contributed by atoms with E-state index in [9.17, 15) is 0 Å². The zero-order valence-electron chi connectivity index (χ0n) is 6.07. The van der Waals surface area contributed by atoms with Gasteiger partial charge < -0.3 is 0 Å². The lowest BCUT2D eigenvalue weighted by Crippen LogP contribution is -1.76. The zero-order valence-corrected chi connectivity index (χ0v) is 8.47. The second kappa shape index (κ2) is 3.33. The maximum absolute atomic E-state index is 4.28. The second-order valence-electron chi connectivity index (χ2n) is 2.22. The van der Waals surface area contributed by atoms with E-state index in [1.807, 2.05) is 23.7 Å². The molecule has 0 aliphatic carbocycles. The minimum atomic E-state index is 0.881. The third-order valence-electron chi connectivity index (χ3n) is 1.38. The largest absolute Gasteiger partial charge is 0.264 e. The van der Waals surface area contributed by atoms with E-state index in [0.717, 1.165) is 15.2 Å². The van der Waals surface area contributed by atoms with Gasteiger partial charge in [-0.3, -0.25) is 4.98 Å². The lowest BCUT2D eigenvalue weighted by molar-refractivity contribution is 1.30. The van der Waals surface area contributed by atoms with E-state index >= 15 is 0 Å². The van der Waals surface area contributed by atoms with Crippen LogP contribution in [0.15, 0.2) is 34.5 Å². The molecule has 0 aliphatic rings. The van der Waals surface area contributed by atoms with Crippen LogP contribution in [-0.4, -0.2) is 9.97 Å². The Balaban J connectivity index is 2.45. The number of hydrogen-bond acceptors (Lipinski definition) is 3. The van der Waals surface area contributed by atoms with Crippen molar-refractivity contribution in [3.8, 4) is 10.6 Å². The number of nitrogens with zero attached hydrogens (tertiary/aromatic N) is 2. The molecule has 0 saturated carbocycles. The van der Waals surface area contributed by atoms with Crippen LogP contribution in [0.5, 0.6) is 0 Å². The van der Waals surface area contributed by atoms with Crippen LogP contribution in [0.2, 0.25) is 0 Å². The Bertz CT molecular complexity index is 372. The lowest BCUT2D eigenvalue weighted by Gasteiger charge is -1.91. The molecule has 2 aromatic rings. The Morgan fingerprint density at radius 3 is 2.92 bits per heavy atom. The highest BCUT2D eigenvalue weighted by atomic mass is 79.9. The molecular weight excluding hydrogens is 236 g/mol. The molecule has 4 heteroatoms. The molecule has 0 unspecified atom stereocenters. The number of thiazole rings is 1. The molecule has 2 nitrogen and oxygen atoms in total. The summed E-state index contributed by atoms with van der Waals surface area (Å²) in [4.78, 5) is 8.30. The molecule has 12 heavy (non-hydrogen) atoms. The smallest absolute Gasteiger partial charge is 0.126 e. The molecule has 0 saturated heterocycles. The highest BCUT2D eigenvalue weighted by Crippen LogP contribution is 2.24. The highest BCUT2D eigenvalue weighted by Gasteiger charge is 2.01. The topological polar surface area (TPSA) is 25.8 Å². The van der Waals surface area contributed by atoms with Crippen molar-refractivity contribution in [1.29, 1.82) is 0 Å². The predicted octanol–water partition coefficient (Wildman–Crippen LogP) is 2.97. The molecular formula is C8H5BrN2S. The van der Waals surface area contributed by atoms with Crippen molar-refractivity contribution in [3.63, 3.8) is 0 Å². The fourth-order valence-electron chi connectivity index (χ4n) is 0.876. The first-order valence-corrected chi connectivity index (χ1v) is 5.05. The third kappa shape index (κ3) is 1.54. The summed E-state index contributed by atoms with van der Waals surface area (Å²) in [6, 6.07) is 3.91. The summed E-state index contributed by atoms with van der Waals surface area (Å²) in [5.74, 6) is 0. The van der Waals surface area contributed by atoms with Gasteiger partial charge in [-0.05, 0) is 28.1 Å². The van der Waals surface area contributed by atoms with Crippen molar-refractivity contribution in [2.45, 2.75) is 0 Å². The number of pyridine rings is 1. The van der Waals surface area contributed by atoms with E-state index in [-0.39, 0.29) is 0 Å². The summed E-state index contributed by atoms with van der Waals surface area (Å²) in [6.07, 6.45) is 3.57. The molecule has 60 valence electrons. The number of hydrogen-bond donors (Lipinski definition) is 0. The van der Waals surface area contributed by atoms with Crippen LogP contribution in [0, 0.1) is 0 Å². The van der Waals surface area contributed by atoms with Gasteiger partial charge in [0.15, 0.2) is 0 Å². The van der Waals surface area contributed by atoms with Crippen molar-refractivity contribution in [2.75, 3.05) is 0 Å². The van der Waals surface area contributed by atoms with E-state index in [1.54, 1.807) is 17.5 Å². The molecule has 2 aromatic heterocycles. The summed E-state index contributed by atoms with van der Waals surface area (Å²) in [5, 5.41) is 2.96. The van der Waals surface area contributed by atoms with Crippen LogP contribution in [0.1, 0.15) is 0 Å². The van der Waals surface area contributed by atoms with Crippen LogP contribution >= 0.6 is 27.3 Å². The molecule has 0 aromatic carbocycles. The number of halogens is 1. The maximum Gasteiger partial charge on any atom is 0.126 e. The standard InChI is InChI=1S/C8H5BrN2S/c9-7-5-12-8(11-7)6-2-1-3-10-4-6/h1-5H. The molecule has 0 radical (unpaired) electrons. The molecule has 0 atom stereocenters. The van der Waals surface area contributed by atoms with Crippen molar-refractivity contribution in [2.24, 2.45) is 0 Å². The van der Waals surface area contributed by atoms with Gasteiger partial charge in [-0.2, -0.15) is 0 Å². The lowest BCUT2D eigenvalue weighted by atomic mass is 10.3. The van der Waals surface area contributed by atoms with Gasteiger partial charge in [-0.1, -0.05) is 0 Å². The highest BCUT2D eigenvalue weighted by molar-refractivity contribution is 9.10. The predicted molar refractivity (Wildman–Crippen MR) is 53.0 cm³/mol. The number of rotatable bonds is 1. The summed E-state index contributed by atoms with van der Waals surface area (Å²) in [6.45, 7) is 0. The van der Waals surface area contributed by atoms with Gasteiger partial charge in [0.1, 0.15) is 9.61 Å². The minimum absolute atomic E-state index is 0.881. The van der Waals surface area contributed by atoms with Crippen LogP contribution < -0.4 is 0 Å². The van der Waals surface area contributed by atoms with Crippen molar-refractivity contribution in [1.82, 2.24) is 9.97 Å². The Hall–Kier alpha value is -0.740. The van der Waals surface area contributed by atoms with Gasteiger partial charge in [0, 0.05) is 23.3 Å². The monoisotopic (exact) mass is 240 g/mol. The van der Waals surface area contributed by atoms with Gasteiger partial charge in [-0.15, -0.1) is 11.3 Å². The van der Waals surface area contributed by atoms with Gasteiger partial charge in [0.25, 0.3) is 0 Å². The summed E-state index contributed by atoms with van der Waals surface area (Å²) >= 11 is 4.91. The van der Waals surface area contributed by atoms with E-state index < -0.39 is 0 Å². The Morgan fingerprint density at radius 2 is 2.33 bits per heavy atom. The molecule has 0 bridgehead atoms. The first-order valence-electron chi connectivity index (χ1n) is 3.38. The molecule has 0 N–H and O–H groups in total. The molecule has 0 aliphatic heterocycles. The minimum Gasteiger partial charge on any atom is -0.264 e. The Labute approximate surface area is 82.4 Å². The quantitative estimate of drug-likeness (QED) is 0.767. The first-order chi connectivity index (χ1) is 5.86. The Morgan fingerprint density at radius 1 is 1.42 bits per heavy atom. The fraction of sp³-hybridized carbons (Fsp3) is 0. The first kappa shape index (κ1) is 7.89. The van der Waals surface area contributed by atoms with E-state index in [4.69, 9.17) is 0 Å². The summed E-state index contributed by atoms with van der Waals surface area (Å²) in [7, 11) is 0. The number of aromatic nitrogens is 2. The van der Waals surface area contributed by atoms with Gasteiger partial charge in [0.2, 0.25) is 0 Å². The molecule has 0 fully saturated rings. The van der Waals surface area contributed by atoms with Gasteiger partial charge in [0.05, 0.1) is 0 Å². The summed E-state index contributed by atoms with van der Waals surface area (Å²) in [5.41, 5.74) is 1.06. The van der Waals surface area contributed by atoms with Crippen molar-refractivity contribution >= 4 is 27.3 Å². The van der Waals surface area contributed by atoms with Crippen LogP contribution in [0.3, 0.4) is 0 Å². The van der Waals surface area contributed by atoms with Gasteiger partial charge in [-0.25, -0.2) is 4.98 Å². The molecule has 0 spiro atoms. The third-order valence-corrected chi connectivity index (χ3v) is 2.99. The molecule has 2 rings (SSSR count). The Kier molecular flexibility index (Phi) is 2.19. The van der Waals surface area contributed by atoms with Crippen LogP contribution in [0.25, 0.3) is 10.6 Å².